The molecule has 0 aromatic carbocycles. The van der Waals surface area contributed by atoms with Crippen molar-refractivity contribution in [2.75, 3.05) is 6.54 Å². The Bertz CT molecular complexity index is 455. The van der Waals surface area contributed by atoms with E-state index in [0.29, 0.717) is 5.22 Å². The van der Waals surface area contributed by atoms with Crippen molar-refractivity contribution >= 4 is 11.6 Å². The molecule has 0 spiro atoms. The lowest BCUT2D eigenvalue weighted by atomic mass is 10.1. The molecule has 3 nitrogen and oxygen atoms in total. The first-order chi connectivity index (χ1) is 8.29. The molecule has 0 saturated carbocycles. The number of pyridine rings is 1. The van der Waals surface area contributed by atoms with E-state index in [1.165, 1.54) is 5.56 Å². The van der Waals surface area contributed by atoms with Gasteiger partial charge in [0, 0.05) is 12.4 Å². The molecule has 0 amide bonds. The number of nitrogens with zero attached hydrogens (tertiary/aromatic N) is 1. The molecule has 2 aromatic rings. The second-order valence-corrected chi connectivity index (χ2v) is 4.19. The molecule has 0 radical (unpaired) electrons. The SMILES string of the molecule is CCNC(Cc1cccnc1)c1ccc(Cl)o1. The van der Waals surface area contributed by atoms with E-state index in [9.17, 15) is 0 Å². The normalized spacial score (nSPS) is 12.6. The Labute approximate surface area is 106 Å². The number of hydrogen-bond acceptors (Lipinski definition) is 3. The minimum Gasteiger partial charge on any atom is -0.448 e. The largest absolute Gasteiger partial charge is 0.448 e. The van der Waals surface area contributed by atoms with Crippen LogP contribution in [-0.4, -0.2) is 11.5 Å². The third kappa shape index (κ3) is 3.32. The fraction of sp³-hybridized carbons (Fsp3) is 0.308. The fourth-order valence-corrected chi connectivity index (χ4v) is 1.94. The number of hydrogen-bond donors (Lipinski definition) is 1. The molecule has 0 saturated heterocycles. The van der Waals surface area contributed by atoms with Crippen LogP contribution in [0.15, 0.2) is 41.1 Å². The second kappa shape index (κ2) is 5.84. The summed E-state index contributed by atoms with van der Waals surface area (Å²) >= 11 is 5.80. The minimum atomic E-state index is 0.136. The number of likely N-dealkylation sites (N-methyl/N-ethyl adjacent to an activating group) is 1. The smallest absolute Gasteiger partial charge is 0.193 e. The third-order valence-electron chi connectivity index (χ3n) is 2.55. The summed E-state index contributed by atoms with van der Waals surface area (Å²) in [6.45, 7) is 2.95. The summed E-state index contributed by atoms with van der Waals surface area (Å²) in [5.41, 5.74) is 1.17. The monoisotopic (exact) mass is 250 g/mol. The van der Waals surface area contributed by atoms with E-state index in [2.05, 4.69) is 23.3 Å². The van der Waals surface area contributed by atoms with Crippen LogP contribution < -0.4 is 5.32 Å². The third-order valence-corrected chi connectivity index (χ3v) is 2.75. The van der Waals surface area contributed by atoms with Gasteiger partial charge in [0.1, 0.15) is 5.76 Å². The van der Waals surface area contributed by atoms with Gasteiger partial charge in [-0.1, -0.05) is 13.0 Å². The number of halogens is 1. The summed E-state index contributed by atoms with van der Waals surface area (Å²) in [5.74, 6) is 0.862. The molecule has 1 unspecified atom stereocenters. The first-order valence-corrected chi connectivity index (χ1v) is 6.05. The number of aromatic nitrogens is 1. The Morgan fingerprint density at radius 2 is 2.29 bits per heavy atom. The molecule has 0 fully saturated rings. The molecule has 2 rings (SSSR count). The zero-order valence-electron chi connectivity index (χ0n) is 9.69. The first kappa shape index (κ1) is 12.1. The maximum Gasteiger partial charge on any atom is 0.193 e. The van der Waals surface area contributed by atoms with E-state index in [1.807, 2.05) is 18.3 Å². The highest BCUT2D eigenvalue weighted by atomic mass is 35.5. The maximum absolute atomic E-state index is 5.80. The van der Waals surface area contributed by atoms with Gasteiger partial charge in [0.2, 0.25) is 0 Å². The van der Waals surface area contributed by atoms with Crippen LogP contribution in [0.25, 0.3) is 0 Å². The van der Waals surface area contributed by atoms with Crippen molar-refractivity contribution in [2.45, 2.75) is 19.4 Å². The average Bonchev–Trinajstić information content (AvgIpc) is 2.77. The molecule has 0 bridgehead atoms. The first-order valence-electron chi connectivity index (χ1n) is 5.67. The standard InChI is InChI=1S/C13H15ClN2O/c1-2-16-11(12-5-6-13(14)17-12)8-10-4-3-7-15-9-10/h3-7,9,11,16H,2,8H2,1H3. The highest BCUT2D eigenvalue weighted by Crippen LogP contribution is 2.22. The number of nitrogens with one attached hydrogen (secondary N) is 1. The Morgan fingerprint density at radius 1 is 1.41 bits per heavy atom. The van der Waals surface area contributed by atoms with E-state index in [1.54, 1.807) is 12.3 Å². The van der Waals surface area contributed by atoms with E-state index in [-0.39, 0.29) is 6.04 Å². The van der Waals surface area contributed by atoms with E-state index in [0.717, 1.165) is 18.7 Å². The molecule has 1 N–H and O–H groups in total. The van der Waals surface area contributed by atoms with Crippen LogP contribution in [0.5, 0.6) is 0 Å². The van der Waals surface area contributed by atoms with Gasteiger partial charge >= 0.3 is 0 Å². The lowest BCUT2D eigenvalue weighted by Crippen LogP contribution is -2.22. The van der Waals surface area contributed by atoms with Gasteiger partial charge < -0.3 is 9.73 Å². The molecule has 1 atom stereocenters. The van der Waals surface area contributed by atoms with Gasteiger partial charge in [-0.05, 0) is 48.3 Å². The van der Waals surface area contributed by atoms with Gasteiger partial charge in [-0.15, -0.1) is 0 Å². The van der Waals surface area contributed by atoms with Crippen LogP contribution >= 0.6 is 11.6 Å². The Hall–Kier alpha value is -1.32. The number of rotatable bonds is 5. The predicted molar refractivity (Wildman–Crippen MR) is 68.1 cm³/mol. The fourth-order valence-electron chi connectivity index (χ4n) is 1.79. The quantitative estimate of drug-likeness (QED) is 0.886. The van der Waals surface area contributed by atoms with Crippen LogP contribution in [0.4, 0.5) is 0 Å². The van der Waals surface area contributed by atoms with Gasteiger partial charge in [0.15, 0.2) is 5.22 Å². The molecule has 2 heterocycles. The van der Waals surface area contributed by atoms with Gasteiger partial charge in [-0.25, -0.2) is 0 Å². The lowest BCUT2D eigenvalue weighted by molar-refractivity contribution is 0.417. The Kier molecular flexibility index (Phi) is 4.18. The summed E-state index contributed by atoms with van der Waals surface area (Å²) in [6, 6.07) is 7.81. The zero-order chi connectivity index (χ0) is 12.1. The maximum atomic E-state index is 5.80. The predicted octanol–water partition coefficient (Wildman–Crippen LogP) is 3.22. The molecular formula is C13H15ClN2O. The summed E-state index contributed by atoms with van der Waals surface area (Å²) < 4.78 is 5.45. The van der Waals surface area contributed by atoms with Crippen molar-refractivity contribution in [3.05, 3.63) is 53.2 Å². The van der Waals surface area contributed by atoms with Gasteiger partial charge in [0.05, 0.1) is 6.04 Å². The van der Waals surface area contributed by atoms with Crippen molar-refractivity contribution < 1.29 is 4.42 Å². The summed E-state index contributed by atoms with van der Waals surface area (Å²) in [6.07, 6.45) is 4.48. The molecule has 0 aliphatic heterocycles. The average molecular weight is 251 g/mol. The zero-order valence-corrected chi connectivity index (χ0v) is 10.4. The minimum absolute atomic E-state index is 0.136. The van der Waals surface area contributed by atoms with E-state index < -0.39 is 0 Å². The van der Waals surface area contributed by atoms with Crippen LogP contribution in [0.3, 0.4) is 0 Å². The molecule has 90 valence electrons. The van der Waals surface area contributed by atoms with Crippen molar-refractivity contribution in [3.8, 4) is 0 Å². The highest BCUT2D eigenvalue weighted by molar-refractivity contribution is 6.28. The van der Waals surface area contributed by atoms with Crippen molar-refractivity contribution in [1.29, 1.82) is 0 Å². The van der Waals surface area contributed by atoms with Crippen LogP contribution in [0, 0.1) is 0 Å². The molecular weight excluding hydrogens is 236 g/mol. The van der Waals surface area contributed by atoms with Gasteiger partial charge in [-0.3, -0.25) is 4.98 Å². The van der Waals surface area contributed by atoms with Crippen molar-refractivity contribution in [3.63, 3.8) is 0 Å². The molecule has 17 heavy (non-hydrogen) atoms. The summed E-state index contributed by atoms with van der Waals surface area (Å²) in [7, 11) is 0. The lowest BCUT2D eigenvalue weighted by Gasteiger charge is -2.15. The van der Waals surface area contributed by atoms with Gasteiger partial charge in [-0.2, -0.15) is 0 Å². The highest BCUT2D eigenvalue weighted by Gasteiger charge is 2.15. The Morgan fingerprint density at radius 3 is 2.88 bits per heavy atom. The summed E-state index contributed by atoms with van der Waals surface area (Å²) in [4.78, 5) is 4.11. The van der Waals surface area contributed by atoms with E-state index in [4.69, 9.17) is 16.0 Å². The van der Waals surface area contributed by atoms with Crippen LogP contribution in [0.1, 0.15) is 24.3 Å². The van der Waals surface area contributed by atoms with Crippen molar-refractivity contribution in [1.82, 2.24) is 10.3 Å². The van der Waals surface area contributed by atoms with Crippen LogP contribution in [-0.2, 0) is 6.42 Å². The second-order valence-electron chi connectivity index (χ2n) is 3.82. The van der Waals surface area contributed by atoms with E-state index >= 15 is 0 Å². The molecule has 4 heteroatoms. The Balaban J connectivity index is 2.13. The van der Waals surface area contributed by atoms with Crippen molar-refractivity contribution in [2.24, 2.45) is 0 Å². The van der Waals surface area contributed by atoms with Gasteiger partial charge in [0.25, 0.3) is 0 Å². The number of furan rings is 1. The van der Waals surface area contributed by atoms with Crippen LogP contribution in [0.2, 0.25) is 5.22 Å². The topological polar surface area (TPSA) is 38.1 Å². The molecule has 2 aromatic heterocycles. The summed E-state index contributed by atoms with van der Waals surface area (Å²) in [5, 5.41) is 3.81. The molecule has 0 aliphatic carbocycles. The molecule has 0 aliphatic rings.